The number of hydrogen-bond donors (Lipinski definition) is 2. The highest BCUT2D eigenvalue weighted by atomic mass is 35.5. The smallest absolute Gasteiger partial charge is 0.265 e. The first-order valence-corrected chi connectivity index (χ1v) is 10.0. The Bertz CT molecular complexity index is 1210. The van der Waals surface area contributed by atoms with Gasteiger partial charge in [0.1, 0.15) is 4.83 Å². The molecule has 0 radical (unpaired) electrons. The van der Waals surface area contributed by atoms with Crippen molar-refractivity contribution in [1.82, 2.24) is 9.78 Å². The van der Waals surface area contributed by atoms with Crippen LogP contribution in [0.25, 0.3) is 15.9 Å². The van der Waals surface area contributed by atoms with Crippen molar-refractivity contribution in [3.05, 3.63) is 70.2 Å². The molecule has 146 valence electrons. The van der Waals surface area contributed by atoms with Gasteiger partial charge in [-0.3, -0.25) is 9.59 Å². The van der Waals surface area contributed by atoms with Crippen LogP contribution in [0.5, 0.6) is 0 Å². The number of fused-ring (bicyclic) bond motifs is 1. The maximum Gasteiger partial charge on any atom is 0.265 e. The van der Waals surface area contributed by atoms with Gasteiger partial charge in [0, 0.05) is 28.7 Å². The Hall–Kier alpha value is -3.16. The number of amides is 2. The second-order valence-electron chi connectivity index (χ2n) is 6.52. The fraction of sp³-hybridized carbons (Fsp3) is 0.0952. The molecule has 0 fully saturated rings. The van der Waals surface area contributed by atoms with Crippen LogP contribution in [0.1, 0.15) is 22.3 Å². The summed E-state index contributed by atoms with van der Waals surface area (Å²) < 4.78 is 1.82. The van der Waals surface area contributed by atoms with Gasteiger partial charge in [-0.15, -0.1) is 11.3 Å². The predicted octanol–water partition coefficient (Wildman–Crippen LogP) is 5.26. The molecule has 29 heavy (non-hydrogen) atoms. The van der Waals surface area contributed by atoms with Crippen molar-refractivity contribution in [1.29, 1.82) is 0 Å². The zero-order valence-corrected chi connectivity index (χ0v) is 17.3. The van der Waals surface area contributed by atoms with Gasteiger partial charge < -0.3 is 10.6 Å². The van der Waals surface area contributed by atoms with Crippen LogP contribution < -0.4 is 10.6 Å². The van der Waals surface area contributed by atoms with Crippen LogP contribution in [0.3, 0.4) is 0 Å². The van der Waals surface area contributed by atoms with E-state index >= 15 is 0 Å². The maximum absolute atomic E-state index is 12.7. The molecule has 4 rings (SSSR count). The topological polar surface area (TPSA) is 76.0 Å². The molecule has 2 amide bonds. The van der Waals surface area contributed by atoms with Crippen molar-refractivity contribution in [3.8, 4) is 5.69 Å². The molecule has 2 N–H and O–H groups in total. The Kier molecular flexibility index (Phi) is 5.08. The molecule has 0 aliphatic carbocycles. The third-order valence-corrected chi connectivity index (χ3v) is 5.66. The van der Waals surface area contributed by atoms with E-state index < -0.39 is 0 Å². The van der Waals surface area contributed by atoms with Crippen molar-refractivity contribution >= 4 is 56.3 Å². The zero-order chi connectivity index (χ0) is 20.5. The number of halogens is 1. The lowest BCUT2D eigenvalue weighted by Gasteiger charge is -2.06. The highest BCUT2D eigenvalue weighted by Crippen LogP contribution is 2.31. The van der Waals surface area contributed by atoms with Crippen LogP contribution in [0.15, 0.2) is 54.6 Å². The second kappa shape index (κ2) is 7.69. The summed E-state index contributed by atoms with van der Waals surface area (Å²) in [6.07, 6.45) is 0. The summed E-state index contributed by atoms with van der Waals surface area (Å²) in [4.78, 5) is 25.3. The lowest BCUT2D eigenvalue weighted by Crippen LogP contribution is -2.10. The van der Waals surface area contributed by atoms with E-state index in [1.165, 1.54) is 18.3 Å². The third kappa shape index (κ3) is 4.01. The molecular weight excluding hydrogens is 408 g/mol. The molecule has 0 unspecified atom stereocenters. The minimum atomic E-state index is -0.194. The summed E-state index contributed by atoms with van der Waals surface area (Å²) >= 11 is 7.36. The van der Waals surface area contributed by atoms with Gasteiger partial charge >= 0.3 is 0 Å². The van der Waals surface area contributed by atoms with Crippen LogP contribution in [0, 0.1) is 6.92 Å². The number of thiophene rings is 1. The number of carbonyl (C=O) groups excluding carboxylic acids is 2. The Balaban J connectivity index is 1.59. The van der Waals surface area contributed by atoms with Gasteiger partial charge in [0.25, 0.3) is 5.91 Å². The summed E-state index contributed by atoms with van der Waals surface area (Å²) in [5.74, 6) is -0.335. The molecule has 4 aromatic rings. The van der Waals surface area contributed by atoms with Gasteiger partial charge in [0.15, 0.2) is 0 Å². The minimum Gasteiger partial charge on any atom is -0.326 e. The maximum atomic E-state index is 12.7. The monoisotopic (exact) mass is 424 g/mol. The largest absolute Gasteiger partial charge is 0.326 e. The van der Waals surface area contributed by atoms with Crippen molar-refractivity contribution in [3.63, 3.8) is 0 Å². The number of nitrogens with zero attached hydrogens (tertiary/aromatic N) is 2. The molecule has 8 heteroatoms. The molecular formula is C21H17ClN4O2S. The van der Waals surface area contributed by atoms with Gasteiger partial charge in [0.05, 0.1) is 16.3 Å². The molecule has 6 nitrogen and oxygen atoms in total. The molecule has 2 heterocycles. The molecule has 2 aromatic heterocycles. The zero-order valence-electron chi connectivity index (χ0n) is 15.7. The quantitative estimate of drug-likeness (QED) is 0.469. The summed E-state index contributed by atoms with van der Waals surface area (Å²) in [5.41, 5.74) is 3.06. The van der Waals surface area contributed by atoms with Crippen LogP contribution in [-0.2, 0) is 4.79 Å². The Labute approximate surface area is 176 Å². The first kappa shape index (κ1) is 19.2. The molecule has 0 atom stereocenters. The Morgan fingerprint density at radius 1 is 1.00 bits per heavy atom. The number of anilines is 2. The van der Waals surface area contributed by atoms with Gasteiger partial charge in [-0.1, -0.05) is 11.6 Å². The summed E-state index contributed by atoms with van der Waals surface area (Å²) in [6, 6.07) is 16.2. The molecule has 0 saturated heterocycles. The van der Waals surface area contributed by atoms with E-state index in [2.05, 4.69) is 15.7 Å². The first-order chi connectivity index (χ1) is 13.9. The minimum absolute atomic E-state index is 0.142. The van der Waals surface area contributed by atoms with E-state index in [0.29, 0.717) is 21.3 Å². The first-order valence-electron chi connectivity index (χ1n) is 8.85. The number of rotatable bonds is 4. The standard InChI is InChI=1S/C21H17ClN4O2S/c1-12-18-11-19(20(28)24-16-7-5-15(6-8-16)23-13(2)27)29-21(18)26(25-12)17-9-3-14(22)4-10-17/h3-11H,1-2H3,(H,23,27)(H,24,28). The van der Waals surface area contributed by atoms with Gasteiger partial charge in [-0.2, -0.15) is 5.10 Å². The molecule has 0 aliphatic rings. The summed E-state index contributed by atoms with van der Waals surface area (Å²) in [6.45, 7) is 3.37. The Morgan fingerprint density at radius 2 is 1.62 bits per heavy atom. The van der Waals surface area contributed by atoms with E-state index in [1.807, 2.05) is 41.9 Å². The van der Waals surface area contributed by atoms with Crippen molar-refractivity contribution < 1.29 is 9.59 Å². The second-order valence-corrected chi connectivity index (χ2v) is 7.98. The van der Waals surface area contributed by atoms with Crippen molar-refractivity contribution in [2.45, 2.75) is 13.8 Å². The van der Waals surface area contributed by atoms with Gasteiger partial charge in [-0.05, 0) is 61.5 Å². The SMILES string of the molecule is CC(=O)Nc1ccc(NC(=O)c2cc3c(C)nn(-c4ccc(Cl)cc4)c3s2)cc1. The van der Waals surface area contributed by atoms with E-state index in [9.17, 15) is 9.59 Å². The fourth-order valence-electron chi connectivity index (χ4n) is 2.95. The average Bonchev–Trinajstić information content (AvgIpc) is 3.25. The lowest BCUT2D eigenvalue weighted by molar-refractivity contribution is -0.114. The van der Waals surface area contributed by atoms with Crippen LogP contribution in [0.4, 0.5) is 11.4 Å². The average molecular weight is 425 g/mol. The highest BCUT2D eigenvalue weighted by Gasteiger charge is 2.17. The van der Waals surface area contributed by atoms with Gasteiger partial charge in [-0.25, -0.2) is 4.68 Å². The molecule has 0 bridgehead atoms. The van der Waals surface area contributed by atoms with Crippen molar-refractivity contribution in [2.75, 3.05) is 10.6 Å². The molecule has 0 aliphatic heterocycles. The number of hydrogen-bond acceptors (Lipinski definition) is 4. The molecule has 0 saturated carbocycles. The summed E-state index contributed by atoms with van der Waals surface area (Å²) in [5, 5.41) is 11.8. The van der Waals surface area contributed by atoms with Gasteiger partial charge in [0.2, 0.25) is 5.91 Å². The normalized spacial score (nSPS) is 10.9. The van der Waals surface area contributed by atoms with Crippen molar-refractivity contribution in [2.24, 2.45) is 0 Å². The predicted molar refractivity (Wildman–Crippen MR) is 117 cm³/mol. The van der Waals surface area contributed by atoms with E-state index in [4.69, 9.17) is 11.6 Å². The summed E-state index contributed by atoms with van der Waals surface area (Å²) in [7, 11) is 0. The Morgan fingerprint density at radius 3 is 2.24 bits per heavy atom. The highest BCUT2D eigenvalue weighted by molar-refractivity contribution is 7.20. The number of carbonyl (C=O) groups is 2. The van der Waals surface area contributed by atoms with E-state index in [1.54, 1.807) is 24.3 Å². The number of benzene rings is 2. The lowest BCUT2D eigenvalue weighted by atomic mass is 10.2. The number of aryl methyl sites for hydroxylation is 1. The van der Waals surface area contributed by atoms with E-state index in [-0.39, 0.29) is 11.8 Å². The van der Waals surface area contributed by atoms with Crippen LogP contribution in [0.2, 0.25) is 5.02 Å². The molecule has 2 aromatic carbocycles. The number of nitrogens with one attached hydrogen (secondary N) is 2. The fourth-order valence-corrected chi connectivity index (χ4v) is 4.15. The molecule has 0 spiro atoms. The van der Waals surface area contributed by atoms with Crippen LogP contribution in [-0.4, -0.2) is 21.6 Å². The third-order valence-electron chi connectivity index (χ3n) is 4.30. The number of aromatic nitrogens is 2. The van der Waals surface area contributed by atoms with E-state index in [0.717, 1.165) is 21.6 Å². The van der Waals surface area contributed by atoms with Crippen LogP contribution >= 0.6 is 22.9 Å².